The summed E-state index contributed by atoms with van der Waals surface area (Å²) in [5.74, 6) is -0.0704. The Morgan fingerprint density at radius 3 is 2.04 bits per heavy atom. The number of likely N-dealkylation sites (tertiary alicyclic amines) is 2. The maximum atomic E-state index is 12.2. The van der Waals surface area contributed by atoms with Crippen molar-refractivity contribution in [1.29, 1.82) is 0 Å². The highest BCUT2D eigenvalue weighted by atomic mass is 16.3. The third-order valence-corrected chi connectivity index (χ3v) is 5.30. The largest absolute Gasteiger partial charge is 0.503 e. The lowest BCUT2D eigenvalue weighted by molar-refractivity contribution is 0.266. The molecule has 2 aliphatic heterocycles. The van der Waals surface area contributed by atoms with E-state index in [1.165, 1.54) is 38.5 Å². The minimum absolute atomic E-state index is 0.0704. The SMILES string of the molecule is Cn1c(CN2CCCCCC2)cc(=O)c(O)c1CN1CCCC1. The van der Waals surface area contributed by atoms with E-state index in [2.05, 4.69) is 9.80 Å². The van der Waals surface area contributed by atoms with Gasteiger partial charge in [0.25, 0.3) is 0 Å². The monoisotopic (exact) mass is 319 g/mol. The minimum Gasteiger partial charge on any atom is -0.503 e. The summed E-state index contributed by atoms with van der Waals surface area (Å²) in [5, 5.41) is 10.2. The molecule has 0 spiro atoms. The summed E-state index contributed by atoms with van der Waals surface area (Å²) >= 11 is 0. The van der Waals surface area contributed by atoms with Crippen molar-refractivity contribution < 1.29 is 5.11 Å². The maximum absolute atomic E-state index is 12.2. The van der Waals surface area contributed by atoms with Gasteiger partial charge in [0.15, 0.2) is 5.75 Å². The number of hydrogen-bond donors (Lipinski definition) is 1. The van der Waals surface area contributed by atoms with E-state index in [1.807, 2.05) is 11.6 Å². The molecule has 1 aromatic rings. The number of rotatable bonds is 4. The standard InChI is InChI=1S/C18H29N3O2/c1-19-15(13-20-8-4-2-3-5-9-20)12-17(22)18(23)16(19)14-21-10-6-7-11-21/h12,23H,2-11,13-14H2,1H3. The molecule has 2 saturated heterocycles. The van der Waals surface area contributed by atoms with Gasteiger partial charge in [-0.3, -0.25) is 14.6 Å². The van der Waals surface area contributed by atoms with Crippen LogP contribution in [0.5, 0.6) is 5.75 Å². The van der Waals surface area contributed by atoms with Crippen molar-refractivity contribution in [2.45, 2.75) is 51.6 Å². The van der Waals surface area contributed by atoms with Crippen LogP contribution in [0.1, 0.15) is 49.9 Å². The van der Waals surface area contributed by atoms with Crippen molar-refractivity contribution in [3.05, 3.63) is 27.7 Å². The number of pyridine rings is 1. The topological polar surface area (TPSA) is 48.7 Å². The Balaban J connectivity index is 1.81. The summed E-state index contributed by atoms with van der Waals surface area (Å²) in [7, 11) is 1.98. The first-order valence-corrected chi connectivity index (χ1v) is 9.00. The van der Waals surface area contributed by atoms with Gasteiger partial charge < -0.3 is 9.67 Å². The Hall–Kier alpha value is -1.33. The zero-order chi connectivity index (χ0) is 16.2. The summed E-state index contributed by atoms with van der Waals surface area (Å²) in [5.41, 5.74) is 1.55. The predicted molar refractivity (Wildman–Crippen MR) is 91.6 cm³/mol. The van der Waals surface area contributed by atoms with Crippen molar-refractivity contribution >= 4 is 0 Å². The first-order chi connectivity index (χ1) is 11.1. The quantitative estimate of drug-likeness (QED) is 0.923. The fourth-order valence-corrected chi connectivity index (χ4v) is 3.80. The summed E-state index contributed by atoms with van der Waals surface area (Å²) in [6, 6.07) is 1.62. The summed E-state index contributed by atoms with van der Waals surface area (Å²) in [6.07, 6.45) is 7.53. The molecule has 3 heterocycles. The molecule has 0 unspecified atom stereocenters. The van der Waals surface area contributed by atoms with Crippen LogP contribution < -0.4 is 5.43 Å². The van der Waals surface area contributed by atoms with Crippen molar-refractivity contribution in [2.24, 2.45) is 7.05 Å². The first kappa shape index (κ1) is 16.5. The van der Waals surface area contributed by atoms with Gasteiger partial charge in [-0.05, 0) is 51.9 Å². The molecule has 0 atom stereocenters. The average Bonchev–Trinajstić information content (AvgIpc) is 2.92. The molecule has 1 aromatic heterocycles. The fourth-order valence-electron chi connectivity index (χ4n) is 3.80. The summed E-state index contributed by atoms with van der Waals surface area (Å²) < 4.78 is 2.04. The smallest absolute Gasteiger partial charge is 0.223 e. The summed E-state index contributed by atoms with van der Waals surface area (Å²) in [4.78, 5) is 17.0. The molecule has 1 N–H and O–H groups in total. The normalized spacial score (nSPS) is 20.7. The molecule has 0 saturated carbocycles. The number of hydrogen-bond acceptors (Lipinski definition) is 4. The van der Waals surface area contributed by atoms with Crippen LogP contribution in [0.4, 0.5) is 0 Å². The molecule has 0 aromatic carbocycles. The van der Waals surface area contributed by atoms with E-state index in [0.29, 0.717) is 6.54 Å². The van der Waals surface area contributed by atoms with Gasteiger partial charge in [-0.15, -0.1) is 0 Å². The van der Waals surface area contributed by atoms with Gasteiger partial charge in [0, 0.05) is 31.9 Å². The highest BCUT2D eigenvalue weighted by Gasteiger charge is 2.19. The molecule has 0 radical (unpaired) electrons. The van der Waals surface area contributed by atoms with Gasteiger partial charge >= 0.3 is 0 Å². The molecule has 2 fully saturated rings. The zero-order valence-electron chi connectivity index (χ0n) is 14.3. The molecule has 2 aliphatic rings. The van der Waals surface area contributed by atoms with E-state index in [4.69, 9.17) is 0 Å². The first-order valence-electron chi connectivity index (χ1n) is 9.00. The van der Waals surface area contributed by atoms with Gasteiger partial charge in [-0.25, -0.2) is 0 Å². The second kappa shape index (κ2) is 7.49. The Morgan fingerprint density at radius 2 is 1.43 bits per heavy atom. The molecule has 5 nitrogen and oxygen atoms in total. The molecule has 3 rings (SSSR count). The van der Waals surface area contributed by atoms with E-state index < -0.39 is 0 Å². The van der Waals surface area contributed by atoms with Gasteiger partial charge in [0.1, 0.15) is 0 Å². The Kier molecular flexibility index (Phi) is 5.38. The van der Waals surface area contributed by atoms with Crippen LogP contribution in [-0.4, -0.2) is 45.7 Å². The predicted octanol–water partition coefficient (Wildman–Crippen LogP) is 2.06. The lowest BCUT2D eigenvalue weighted by Gasteiger charge is -2.24. The van der Waals surface area contributed by atoms with E-state index in [9.17, 15) is 9.90 Å². The van der Waals surface area contributed by atoms with Crippen LogP contribution in [0.15, 0.2) is 10.9 Å². The molecule has 128 valence electrons. The van der Waals surface area contributed by atoms with Crippen LogP contribution in [0.3, 0.4) is 0 Å². The van der Waals surface area contributed by atoms with Gasteiger partial charge in [0.05, 0.1) is 5.69 Å². The second-order valence-electron chi connectivity index (χ2n) is 7.03. The lowest BCUT2D eigenvalue weighted by Crippen LogP contribution is -2.29. The van der Waals surface area contributed by atoms with Crippen molar-refractivity contribution in [2.75, 3.05) is 26.2 Å². The van der Waals surface area contributed by atoms with E-state index in [1.54, 1.807) is 6.07 Å². The summed E-state index contributed by atoms with van der Waals surface area (Å²) in [6.45, 7) is 5.81. The van der Waals surface area contributed by atoms with Gasteiger partial charge in [-0.1, -0.05) is 12.8 Å². The number of aromatic hydroxyl groups is 1. The average molecular weight is 319 g/mol. The molecule has 0 aliphatic carbocycles. The van der Waals surface area contributed by atoms with Crippen LogP contribution in [-0.2, 0) is 20.1 Å². The van der Waals surface area contributed by atoms with Crippen LogP contribution >= 0.6 is 0 Å². The Morgan fingerprint density at radius 1 is 0.913 bits per heavy atom. The van der Waals surface area contributed by atoms with Crippen molar-refractivity contribution in [1.82, 2.24) is 14.4 Å². The number of nitrogens with zero attached hydrogens (tertiary/aromatic N) is 3. The van der Waals surface area contributed by atoms with Crippen LogP contribution in [0.25, 0.3) is 0 Å². The highest BCUT2D eigenvalue weighted by Crippen LogP contribution is 2.20. The molecule has 0 amide bonds. The van der Waals surface area contributed by atoms with Crippen molar-refractivity contribution in [3.63, 3.8) is 0 Å². The maximum Gasteiger partial charge on any atom is 0.223 e. The molecule has 0 bridgehead atoms. The van der Waals surface area contributed by atoms with Crippen molar-refractivity contribution in [3.8, 4) is 5.75 Å². The highest BCUT2D eigenvalue weighted by molar-refractivity contribution is 5.30. The van der Waals surface area contributed by atoms with Crippen LogP contribution in [0.2, 0.25) is 0 Å². The molecule has 5 heteroatoms. The van der Waals surface area contributed by atoms with E-state index >= 15 is 0 Å². The molecular weight excluding hydrogens is 290 g/mol. The van der Waals surface area contributed by atoms with E-state index in [-0.39, 0.29) is 11.2 Å². The third-order valence-electron chi connectivity index (χ3n) is 5.30. The Labute approximate surface area is 138 Å². The fraction of sp³-hybridized carbons (Fsp3) is 0.722. The van der Waals surface area contributed by atoms with Crippen LogP contribution in [0, 0.1) is 0 Å². The Bertz CT molecular complexity index is 583. The van der Waals surface area contributed by atoms with E-state index in [0.717, 1.165) is 44.1 Å². The minimum atomic E-state index is -0.234. The molecular formula is C18H29N3O2. The number of aromatic nitrogens is 1. The third kappa shape index (κ3) is 3.96. The second-order valence-corrected chi connectivity index (χ2v) is 7.03. The molecule has 23 heavy (non-hydrogen) atoms. The van der Waals surface area contributed by atoms with Gasteiger partial charge in [0.2, 0.25) is 5.43 Å². The lowest BCUT2D eigenvalue weighted by atomic mass is 10.2. The zero-order valence-corrected chi connectivity index (χ0v) is 14.3. The van der Waals surface area contributed by atoms with Gasteiger partial charge in [-0.2, -0.15) is 0 Å².